The van der Waals surface area contributed by atoms with Crippen LogP contribution >= 0.6 is 27.7 Å². The van der Waals surface area contributed by atoms with Crippen LogP contribution in [0.5, 0.6) is 5.75 Å². The number of aliphatic hydroxyl groups excluding tert-OH is 1. The summed E-state index contributed by atoms with van der Waals surface area (Å²) in [5.74, 6) is 2.66. The van der Waals surface area contributed by atoms with E-state index in [9.17, 15) is 5.11 Å². The Morgan fingerprint density at radius 2 is 2.25 bits per heavy atom. The third kappa shape index (κ3) is 4.36. The molecule has 0 aliphatic rings. The van der Waals surface area contributed by atoms with Gasteiger partial charge in [-0.2, -0.15) is 11.8 Å². The van der Waals surface area contributed by atoms with Gasteiger partial charge in [0.05, 0.1) is 17.7 Å². The highest BCUT2D eigenvalue weighted by Crippen LogP contribution is 2.26. The fourth-order valence-corrected chi connectivity index (χ4v) is 2.64. The van der Waals surface area contributed by atoms with Gasteiger partial charge in [0.15, 0.2) is 0 Å². The van der Waals surface area contributed by atoms with Crippen LogP contribution in [0.15, 0.2) is 22.7 Å². The van der Waals surface area contributed by atoms with Gasteiger partial charge in [0.1, 0.15) is 5.75 Å². The predicted octanol–water partition coefficient (Wildman–Crippen LogP) is 3.11. The van der Waals surface area contributed by atoms with E-state index in [0.717, 1.165) is 27.3 Å². The van der Waals surface area contributed by atoms with Crippen molar-refractivity contribution in [3.05, 3.63) is 28.2 Å². The van der Waals surface area contributed by atoms with E-state index in [1.165, 1.54) is 0 Å². The Bertz CT molecular complexity index is 331. The summed E-state index contributed by atoms with van der Waals surface area (Å²) >= 11 is 5.20. The van der Waals surface area contributed by atoms with Gasteiger partial charge in [-0.25, -0.2) is 0 Å². The maximum absolute atomic E-state index is 9.78. The molecule has 0 radical (unpaired) electrons. The molecular weight excluding hydrogens is 288 g/mol. The third-order valence-electron chi connectivity index (χ3n) is 2.20. The number of methoxy groups -OCH3 is 1. The molecule has 0 heterocycles. The molecule has 0 aliphatic carbocycles. The number of aliphatic hydroxyl groups is 1. The van der Waals surface area contributed by atoms with E-state index in [1.54, 1.807) is 18.9 Å². The zero-order valence-electron chi connectivity index (χ0n) is 9.57. The highest BCUT2D eigenvalue weighted by Gasteiger charge is 2.07. The first-order valence-corrected chi connectivity index (χ1v) is 7.20. The second kappa shape index (κ2) is 7.20. The number of rotatable bonds is 6. The molecule has 1 N–H and O–H groups in total. The van der Waals surface area contributed by atoms with Gasteiger partial charge in [0.2, 0.25) is 0 Å². The summed E-state index contributed by atoms with van der Waals surface area (Å²) in [7, 11) is 1.65. The smallest absolute Gasteiger partial charge is 0.133 e. The average Bonchev–Trinajstić information content (AvgIpc) is 2.26. The van der Waals surface area contributed by atoms with Gasteiger partial charge in [-0.15, -0.1) is 0 Å². The highest BCUT2D eigenvalue weighted by atomic mass is 79.9. The number of hydrogen-bond donors (Lipinski definition) is 1. The Balaban J connectivity index is 2.57. The van der Waals surface area contributed by atoms with E-state index in [2.05, 4.69) is 22.9 Å². The van der Waals surface area contributed by atoms with Crippen molar-refractivity contribution in [2.75, 3.05) is 18.6 Å². The van der Waals surface area contributed by atoms with Crippen LogP contribution in [-0.4, -0.2) is 29.8 Å². The standard InChI is InChI=1S/C12H17BrO2S/c1-3-16-8-10(14)6-9-4-5-12(15-2)11(13)7-9/h4-5,7,10,14H,3,6,8H2,1-2H3. The van der Waals surface area contributed by atoms with Crippen molar-refractivity contribution in [2.45, 2.75) is 19.4 Å². The van der Waals surface area contributed by atoms with Crippen molar-refractivity contribution < 1.29 is 9.84 Å². The molecule has 90 valence electrons. The second-order valence-corrected chi connectivity index (χ2v) is 5.66. The molecule has 0 saturated carbocycles. The first-order valence-electron chi connectivity index (χ1n) is 5.25. The minimum Gasteiger partial charge on any atom is -0.496 e. The Kier molecular flexibility index (Phi) is 6.24. The summed E-state index contributed by atoms with van der Waals surface area (Å²) in [6.45, 7) is 2.10. The van der Waals surface area contributed by atoms with Crippen molar-refractivity contribution in [3.63, 3.8) is 0 Å². The molecule has 4 heteroatoms. The molecule has 1 rings (SSSR count). The maximum atomic E-state index is 9.78. The fourth-order valence-electron chi connectivity index (χ4n) is 1.42. The molecule has 0 aromatic heterocycles. The Morgan fingerprint density at radius 1 is 1.50 bits per heavy atom. The number of hydrogen-bond acceptors (Lipinski definition) is 3. The lowest BCUT2D eigenvalue weighted by atomic mass is 10.1. The summed E-state index contributed by atoms with van der Waals surface area (Å²) in [6, 6.07) is 5.90. The summed E-state index contributed by atoms with van der Waals surface area (Å²) in [5.41, 5.74) is 1.12. The number of thioether (sulfide) groups is 1. The number of benzene rings is 1. The van der Waals surface area contributed by atoms with Crippen LogP contribution in [0.2, 0.25) is 0 Å². The quantitative estimate of drug-likeness (QED) is 0.875. The Labute approximate surface area is 110 Å². The van der Waals surface area contributed by atoms with Crippen LogP contribution in [0.25, 0.3) is 0 Å². The lowest BCUT2D eigenvalue weighted by Crippen LogP contribution is -2.13. The van der Waals surface area contributed by atoms with Crippen LogP contribution in [0, 0.1) is 0 Å². The van der Waals surface area contributed by atoms with Crippen LogP contribution in [-0.2, 0) is 6.42 Å². The normalized spacial score (nSPS) is 12.5. The van der Waals surface area contributed by atoms with Gasteiger partial charge in [-0.3, -0.25) is 0 Å². The van der Waals surface area contributed by atoms with E-state index < -0.39 is 0 Å². The summed E-state index contributed by atoms with van der Waals surface area (Å²) in [6.07, 6.45) is 0.417. The fraction of sp³-hybridized carbons (Fsp3) is 0.500. The van der Waals surface area contributed by atoms with Crippen molar-refractivity contribution in [1.29, 1.82) is 0 Å². The first-order chi connectivity index (χ1) is 7.67. The second-order valence-electron chi connectivity index (χ2n) is 3.49. The van der Waals surface area contributed by atoms with Crippen LogP contribution in [0.4, 0.5) is 0 Å². The van der Waals surface area contributed by atoms with E-state index in [1.807, 2.05) is 18.2 Å². The van der Waals surface area contributed by atoms with Crippen molar-refractivity contribution in [3.8, 4) is 5.75 Å². The van der Waals surface area contributed by atoms with Gasteiger partial charge in [0.25, 0.3) is 0 Å². The molecule has 1 aromatic rings. The molecule has 2 nitrogen and oxygen atoms in total. The number of halogens is 1. The molecule has 0 amide bonds. The molecule has 16 heavy (non-hydrogen) atoms. The van der Waals surface area contributed by atoms with Crippen molar-refractivity contribution in [2.24, 2.45) is 0 Å². The third-order valence-corrected chi connectivity index (χ3v) is 3.85. The van der Waals surface area contributed by atoms with Gasteiger partial charge < -0.3 is 9.84 Å². The summed E-state index contributed by atoms with van der Waals surface area (Å²) < 4.78 is 6.09. The maximum Gasteiger partial charge on any atom is 0.133 e. The topological polar surface area (TPSA) is 29.5 Å². The zero-order chi connectivity index (χ0) is 12.0. The first kappa shape index (κ1) is 13.9. The summed E-state index contributed by atoms with van der Waals surface area (Å²) in [5, 5.41) is 9.78. The van der Waals surface area contributed by atoms with Crippen molar-refractivity contribution >= 4 is 27.7 Å². The molecule has 0 saturated heterocycles. The van der Waals surface area contributed by atoms with Crippen molar-refractivity contribution in [1.82, 2.24) is 0 Å². The largest absolute Gasteiger partial charge is 0.496 e. The van der Waals surface area contributed by atoms with Gasteiger partial charge >= 0.3 is 0 Å². The molecule has 0 fully saturated rings. The lowest BCUT2D eigenvalue weighted by Gasteiger charge is -2.11. The predicted molar refractivity (Wildman–Crippen MR) is 73.4 cm³/mol. The lowest BCUT2D eigenvalue weighted by molar-refractivity contribution is 0.200. The van der Waals surface area contributed by atoms with Gasteiger partial charge in [-0.05, 0) is 45.8 Å². The Morgan fingerprint density at radius 3 is 2.81 bits per heavy atom. The molecule has 1 atom stereocenters. The molecule has 0 spiro atoms. The van der Waals surface area contributed by atoms with E-state index in [-0.39, 0.29) is 6.10 Å². The van der Waals surface area contributed by atoms with Crippen LogP contribution < -0.4 is 4.74 Å². The summed E-state index contributed by atoms with van der Waals surface area (Å²) in [4.78, 5) is 0. The van der Waals surface area contributed by atoms with Crippen LogP contribution in [0.3, 0.4) is 0 Å². The monoisotopic (exact) mass is 304 g/mol. The molecule has 1 unspecified atom stereocenters. The minimum atomic E-state index is -0.273. The van der Waals surface area contributed by atoms with Gasteiger partial charge in [0, 0.05) is 5.75 Å². The molecule has 0 aliphatic heterocycles. The van der Waals surface area contributed by atoms with Crippen LogP contribution in [0.1, 0.15) is 12.5 Å². The molecular formula is C12H17BrO2S. The van der Waals surface area contributed by atoms with Gasteiger partial charge in [-0.1, -0.05) is 13.0 Å². The minimum absolute atomic E-state index is 0.273. The zero-order valence-corrected chi connectivity index (χ0v) is 12.0. The number of ether oxygens (including phenoxy) is 1. The van der Waals surface area contributed by atoms with E-state index in [4.69, 9.17) is 4.74 Å². The van der Waals surface area contributed by atoms with E-state index in [0.29, 0.717) is 6.42 Å². The molecule has 1 aromatic carbocycles. The average molecular weight is 305 g/mol. The highest BCUT2D eigenvalue weighted by molar-refractivity contribution is 9.10. The molecule has 0 bridgehead atoms. The Hall–Kier alpha value is -0.190. The SMILES string of the molecule is CCSCC(O)Cc1ccc(OC)c(Br)c1. The van der Waals surface area contributed by atoms with E-state index >= 15 is 0 Å².